The predicted octanol–water partition coefficient (Wildman–Crippen LogP) is -1.67. The van der Waals surface area contributed by atoms with Crippen LogP contribution in [-0.2, 0) is 32.0 Å². The number of aromatic amines is 1. The van der Waals surface area contributed by atoms with Crippen LogP contribution in [0.2, 0.25) is 0 Å². The number of phenolic OH excluding ortho intramolecular Hbond substituents is 1. The van der Waals surface area contributed by atoms with Crippen molar-refractivity contribution in [2.24, 2.45) is 22.2 Å². The van der Waals surface area contributed by atoms with Crippen LogP contribution in [0.3, 0.4) is 0 Å². The van der Waals surface area contributed by atoms with Gasteiger partial charge in [-0.15, -0.1) is 0 Å². The van der Waals surface area contributed by atoms with E-state index in [2.05, 4.69) is 25.6 Å². The number of carbonyl (C=O) groups excluding carboxylic acids is 3. The van der Waals surface area contributed by atoms with Crippen LogP contribution in [-0.4, -0.2) is 92.0 Å². The van der Waals surface area contributed by atoms with E-state index in [4.69, 9.17) is 17.2 Å². The molecule has 2 aromatic rings. The van der Waals surface area contributed by atoms with Crippen molar-refractivity contribution in [2.75, 3.05) is 13.1 Å². The average molecular weight is 572 g/mol. The number of hydrogen-bond acceptors (Lipinski definition) is 8. The molecule has 2 heterocycles. The predicted molar refractivity (Wildman–Crippen MR) is 148 cm³/mol. The number of aliphatic carboxylic acids is 1. The fraction of sp³-hybridized carbons (Fsp3) is 0.462. The van der Waals surface area contributed by atoms with Crippen LogP contribution < -0.4 is 27.8 Å². The van der Waals surface area contributed by atoms with Gasteiger partial charge in [-0.1, -0.05) is 12.1 Å². The smallest absolute Gasteiger partial charge is 0.326 e. The van der Waals surface area contributed by atoms with Gasteiger partial charge >= 0.3 is 5.97 Å². The van der Waals surface area contributed by atoms with Crippen molar-refractivity contribution in [3.8, 4) is 5.75 Å². The zero-order valence-corrected chi connectivity index (χ0v) is 22.5. The number of hydrogen-bond donors (Lipinski definition) is 8. The maximum atomic E-state index is 13.7. The van der Waals surface area contributed by atoms with Gasteiger partial charge in [-0.3, -0.25) is 19.4 Å². The van der Waals surface area contributed by atoms with Gasteiger partial charge in [0.05, 0.1) is 12.4 Å². The Kier molecular flexibility index (Phi) is 11.0. The van der Waals surface area contributed by atoms with Gasteiger partial charge in [0.2, 0.25) is 17.7 Å². The number of aromatic hydroxyl groups is 1. The van der Waals surface area contributed by atoms with Crippen LogP contribution in [0, 0.1) is 0 Å². The molecule has 222 valence electrons. The minimum atomic E-state index is -1.22. The highest BCUT2D eigenvalue weighted by Gasteiger charge is 2.39. The molecule has 3 amide bonds. The fourth-order valence-corrected chi connectivity index (χ4v) is 4.61. The number of phenols is 1. The summed E-state index contributed by atoms with van der Waals surface area (Å²) in [6, 6.07) is 2.13. The number of likely N-dealkylation sites (tertiary alicyclic amines) is 1. The van der Waals surface area contributed by atoms with Crippen LogP contribution in [0.25, 0.3) is 0 Å². The molecule has 0 radical (unpaired) electrons. The first kappa shape index (κ1) is 30.9. The summed E-state index contributed by atoms with van der Waals surface area (Å²) in [5, 5.41) is 24.3. The Hall–Kier alpha value is -4.66. The molecule has 1 aromatic carbocycles. The lowest BCUT2D eigenvalue weighted by atomic mass is 10.0. The molecule has 1 aliphatic rings. The maximum Gasteiger partial charge on any atom is 0.326 e. The van der Waals surface area contributed by atoms with Crippen molar-refractivity contribution in [1.82, 2.24) is 25.5 Å². The summed E-state index contributed by atoms with van der Waals surface area (Å²) in [6.07, 6.45) is 4.49. The maximum absolute atomic E-state index is 13.7. The van der Waals surface area contributed by atoms with Crippen molar-refractivity contribution < 1.29 is 29.4 Å². The van der Waals surface area contributed by atoms with Crippen LogP contribution in [0.15, 0.2) is 41.8 Å². The van der Waals surface area contributed by atoms with E-state index in [-0.39, 0.29) is 44.1 Å². The van der Waals surface area contributed by atoms with Gasteiger partial charge in [-0.2, -0.15) is 0 Å². The number of carboxylic acids is 1. The molecule has 15 nitrogen and oxygen atoms in total. The van der Waals surface area contributed by atoms with Gasteiger partial charge in [-0.05, 0) is 49.8 Å². The highest BCUT2D eigenvalue weighted by molar-refractivity contribution is 5.94. The number of nitrogens with zero attached hydrogens (tertiary/aromatic N) is 3. The van der Waals surface area contributed by atoms with E-state index >= 15 is 0 Å². The largest absolute Gasteiger partial charge is 0.508 e. The molecular formula is C26H37N9O6. The number of nitrogens with two attached hydrogens (primary N) is 3. The molecule has 1 fully saturated rings. The molecule has 11 N–H and O–H groups in total. The zero-order valence-electron chi connectivity index (χ0n) is 22.5. The zero-order chi connectivity index (χ0) is 29.9. The highest BCUT2D eigenvalue weighted by atomic mass is 16.4. The van der Waals surface area contributed by atoms with Crippen molar-refractivity contribution in [2.45, 2.75) is 62.7 Å². The minimum absolute atomic E-state index is 0.0733. The van der Waals surface area contributed by atoms with E-state index < -0.39 is 47.9 Å². The molecule has 41 heavy (non-hydrogen) atoms. The molecule has 0 bridgehead atoms. The number of rotatable bonds is 14. The van der Waals surface area contributed by atoms with Crippen LogP contribution in [0.5, 0.6) is 5.75 Å². The standard InChI is InChI=1S/C26H37N9O6/c27-18(11-15-5-7-17(36)8-6-15)22(37)34-20(12-16-13-30-14-32-16)24(39)35-10-2-4-21(35)23(38)33-19(25(40)41)3-1-9-31-26(28)29/h5-8,13-14,18-21,36H,1-4,9-12,27H2,(H,30,32)(H,33,38)(H,34,37)(H,40,41)(H4,28,29,31). The number of imidazole rings is 1. The Morgan fingerprint density at radius 1 is 1.12 bits per heavy atom. The van der Waals surface area contributed by atoms with Gasteiger partial charge in [0.15, 0.2) is 5.96 Å². The van der Waals surface area contributed by atoms with Crippen molar-refractivity contribution in [3.05, 3.63) is 48.0 Å². The monoisotopic (exact) mass is 571 g/mol. The lowest BCUT2D eigenvalue weighted by molar-refractivity contribution is -0.145. The summed E-state index contributed by atoms with van der Waals surface area (Å²) in [5.41, 5.74) is 18.0. The van der Waals surface area contributed by atoms with Gasteiger partial charge in [0, 0.05) is 31.4 Å². The number of H-pyrrole nitrogens is 1. The Morgan fingerprint density at radius 3 is 2.49 bits per heavy atom. The molecule has 4 atom stereocenters. The topological polar surface area (TPSA) is 255 Å². The molecule has 4 unspecified atom stereocenters. The lowest BCUT2D eigenvalue weighted by Crippen LogP contribution is -2.57. The molecule has 1 aliphatic heterocycles. The average Bonchev–Trinajstić information content (AvgIpc) is 3.63. The lowest BCUT2D eigenvalue weighted by Gasteiger charge is -2.30. The van der Waals surface area contributed by atoms with Crippen molar-refractivity contribution >= 4 is 29.7 Å². The van der Waals surface area contributed by atoms with Gasteiger partial charge in [0.1, 0.15) is 23.9 Å². The summed E-state index contributed by atoms with van der Waals surface area (Å²) < 4.78 is 0. The second kappa shape index (κ2) is 14.6. The first-order chi connectivity index (χ1) is 19.5. The fourth-order valence-electron chi connectivity index (χ4n) is 4.61. The summed E-state index contributed by atoms with van der Waals surface area (Å²) in [5.74, 6) is -2.91. The number of amides is 3. The Morgan fingerprint density at radius 2 is 1.85 bits per heavy atom. The molecular weight excluding hydrogens is 534 g/mol. The van der Waals surface area contributed by atoms with Gasteiger partial charge < -0.3 is 47.9 Å². The van der Waals surface area contributed by atoms with E-state index in [1.54, 1.807) is 12.1 Å². The summed E-state index contributed by atoms with van der Waals surface area (Å²) in [6.45, 7) is 0.466. The Bertz CT molecular complexity index is 1210. The number of nitrogens with one attached hydrogen (secondary N) is 3. The third-order valence-corrected chi connectivity index (χ3v) is 6.72. The van der Waals surface area contributed by atoms with Gasteiger partial charge in [0.25, 0.3) is 0 Å². The Balaban J connectivity index is 1.69. The van der Waals surface area contributed by atoms with E-state index in [0.717, 1.165) is 5.56 Å². The number of benzene rings is 1. The number of aliphatic imine (C=N–C) groups is 1. The van der Waals surface area contributed by atoms with Crippen molar-refractivity contribution in [1.29, 1.82) is 0 Å². The number of aromatic nitrogens is 2. The molecule has 0 saturated carbocycles. The normalized spacial score (nSPS) is 16.8. The quantitative estimate of drug-likeness (QED) is 0.0726. The number of carbonyl (C=O) groups is 4. The number of carboxylic acid groups (broad SMARTS) is 1. The molecule has 0 aliphatic carbocycles. The van der Waals surface area contributed by atoms with Gasteiger partial charge in [-0.25, -0.2) is 9.78 Å². The van der Waals surface area contributed by atoms with E-state index in [1.165, 1.54) is 29.6 Å². The van der Waals surface area contributed by atoms with Crippen LogP contribution in [0.4, 0.5) is 0 Å². The Labute approximate surface area is 236 Å². The molecule has 1 saturated heterocycles. The third kappa shape index (κ3) is 9.20. The summed E-state index contributed by atoms with van der Waals surface area (Å²) in [7, 11) is 0. The third-order valence-electron chi connectivity index (χ3n) is 6.72. The first-order valence-electron chi connectivity index (χ1n) is 13.2. The van der Waals surface area contributed by atoms with E-state index in [9.17, 15) is 29.4 Å². The van der Waals surface area contributed by atoms with Crippen LogP contribution >= 0.6 is 0 Å². The second-order valence-corrected chi connectivity index (χ2v) is 9.86. The number of guanidine groups is 1. The van der Waals surface area contributed by atoms with E-state index in [0.29, 0.717) is 25.0 Å². The molecule has 1 aromatic heterocycles. The van der Waals surface area contributed by atoms with Crippen LogP contribution in [0.1, 0.15) is 36.9 Å². The summed E-state index contributed by atoms with van der Waals surface area (Å²) >= 11 is 0. The van der Waals surface area contributed by atoms with E-state index in [1.807, 2.05) is 0 Å². The highest BCUT2D eigenvalue weighted by Crippen LogP contribution is 2.20. The second-order valence-electron chi connectivity index (χ2n) is 9.86. The first-order valence-corrected chi connectivity index (χ1v) is 13.2. The molecule has 15 heteroatoms. The molecule has 0 spiro atoms. The van der Waals surface area contributed by atoms with Crippen molar-refractivity contribution in [3.63, 3.8) is 0 Å². The SMILES string of the molecule is NC(N)=NCCCC(NC(=O)C1CCCN1C(=O)C(Cc1cnc[nH]1)NC(=O)C(N)Cc1ccc(O)cc1)C(=O)O. The minimum Gasteiger partial charge on any atom is -0.508 e. The molecule has 3 rings (SSSR count). The summed E-state index contributed by atoms with van der Waals surface area (Å²) in [4.78, 5) is 63.7.